The third-order valence-electron chi connectivity index (χ3n) is 3.24. The number of ketones is 1. The molecule has 2 aromatic heterocycles. The first-order chi connectivity index (χ1) is 11.6. The van der Waals surface area contributed by atoms with Crippen molar-refractivity contribution in [1.82, 2.24) is 9.97 Å². The number of rotatable bonds is 5. The number of allylic oxidation sites excluding steroid dienone is 1. The molecule has 7 heteroatoms. The van der Waals surface area contributed by atoms with Crippen LogP contribution < -0.4 is 0 Å². The highest BCUT2D eigenvalue weighted by Crippen LogP contribution is 2.22. The maximum atomic E-state index is 12.1. The van der Waals surface area contributed by atoms with Gasteiger partial charge in [0.1, 0.15) is 5.01 Å². The van der Waals surface area contributed by atoms with Gasteiger partial charge in [0.15, 0.2) is 5.78 Å². The summed E-state index contributed by atoms with van der Waals surface area (Å²) >= 11 is 1.43. The second-order valence-electron chi connectivity index (χ2n) is 4.81. The Bertz CT molecular complexity index is 902. The number of pyridine rings is 1. The molecule has 0 bridgehead atoms. The van der Waals surface area contributed by atoms with Gasteiger partial charge >= 0.3 is 0 Å². The van der Waals surface area contributed by atoms with E-state index < -0.39 is 4.92 Å². The predicted octanol–water partition coefficient (Wildman–Crippen LogP) is 4.01. The molecule has 6 nitrogen and oxygen atoms in total. The van der Waals surface area contributed by atoms with Gasteiger partial charge in [-0.2, -0.15) is 0 Å². The zero-order chi connectivity index (χ0) is 16.9. The van der Waals surface area contributed by atoms with Crippen LogP contribution in [0.1, 0.15) is 15.4 Å². The van der Waals surface area contributed by atoms with E-state index in [2.05, 4.69) is 9.97 Å². The summed E-state index contributed by atoms with van der Waals surface area (Å²) < 4.78 is 0. The quantitative estimate of drug-likeness (QED) is 0.304. The summed E-state index contributed by atoms with van der Waals surface area (Å²) in [5.74, 6) is -0.231. The lowest BCUT2D eigenvalue weighted by molar-refractivity contribution is -0.384. The van der Waals surface area contributed by atoms with E-state index in [0.717, 1.165) is 11.3 Å². The lowest BCUT2D eigenvalue weighted by Gasteiger charge is -1.95. The average molecular weight is 337 g/mol. The molecule has 0 unspecified atom stereocenters. The molecule has 2 heterocycles. The van der Waals surface area contributed by atoms with Gasteiger partial charge in [-0.25, -0.2) is 4.98 Å². The molecule has 0 fully saturated rings. The molecular formula is C17H11N3O3S. The third kappa shape index (κ3) is 3.58. The van der Waals surface area contributed by atoms with Crippen molar-refractivity contribution in [3.05, 3.63) is 80.9 Å². The van der Waals surface area contributed by atoms with E-state index in [0.29, 0.717) is 10.6 Å². The molecular weight excluding hydrogens is 326 g/mol. The topological polar surface area (TPSA) is 86.0 Å². The Morgan fingerprint density at radius 3 is 2.50 bits per heavy atom. The van der Waals surface area contributed by atoms with E-state index >= 15 is 0 Å². The van der Waals surface area contributed by atoms with Gasteiger partial charge in [0, 0.05) is 41.0 Å². The standard InChI is InChI=1S/C17H11N3O3S/c21-16(13-1-3-14(4-2-13)20(22)23)5-6-17-19-15(11-24-17)12-7-9-18-10-8-12/h1-11H/b6-5+. The average Bonchev–Trinajstić information content (AvgIpc) is 3.09. The van der Waals surface area contributed by atoms with Gasteiger partial charge in [-0.1, -0.05) is 0 Å². The Morgan fingerprint density at radius 1 is 1.12 bits per heavy atom. The fourth-order valence-corrected chi connectivity index (χ4v) is 2.73. The van der Waals surface area contributed by atoms with Crippen molar-refractivity contribution >= 4 is 28.9 Å². The van der Waals surface area contributed by atoms with E-state index in [4.69, 9.17) is 0 Å². The fraction of sp³-hybridized carbons (Fsp3) is 0. The maximum absolute atomic E-state index is 12.1. The number of hydrogen-bond donors (Lipinski definition) is 0. The minimum atomic E-state index is -0.500. The molecule has 3 aromatic rings. The summed E-state index contributed by atoms with van der Waals surface area (Å²) in [7, 11) is 0. The van der Waals surface area contributed by atoms with Crippen LogP contribution in [-0.4, -0.2) is 20.7 Å². The van der Waals surface area contributed by atoms with Crippen molar-refractivity contribution in [1.29, 1.82) is 0 Å². The van der Waals surface area contributed by atoms with Crippen molar-refractivity contribution < 1.29 is 9.72 Å². The van der Waals surface area contributed by atoms with Crippen molar-refractivity contribution in [2.45, 2.75) is 0 Å². The van der Waals surface area contributed by atoms with Gasteiger partial charge in [0.05, 0.1) is 10.6 Å². The Morgan fingerprint density at radius 2 is 1.83 bits per heavy atom. The van der Waals surface area contributed by atoms with E-state index in [1.807, 2.05) is 17.5 Å². The van der Waals surface area contributed by atoms with E-state index in [1.165, 1.54) is 41.7 Å². The van der Waals surface area contributed by atoms with E-state index in [-0.39, 0.29) is 11.5 Å². The highest BCUT2D eigenvalue weighted by molar-refractivity contribution is 7.10. The molecule has 0 aliphatic heterocycles. The monoisotopic (exact) mass is 337 g/mol. The summed E-state index contributed by atoms with van der Waals surface area (Å²) in [5.41, 5.74) is 2.13. The van der Waals surface area contributed by atoms with Crippen LogP contribution in [0, 0.1) is 10.1 Å². The summed E-state index contributed by atoms with van der Waals surface area (Å²) in [6.07, 6.45) is 6.44. The van der Waals surface area contributed by atoms with Gasteiger partial charge in [-0.15, -0.1) is 11.3 Å². The Balaban J connectivity index is 1.72. The Kier molecular flexibility index (Phi) is 4.53. The normalized spacial score (nSPS) is 10.8. The SMILES string of the molecule is O=C(/C=C/c1nc(-c2ccncc2)cs1)c1ccc([N+](=O)[O-])cc1. The molecule has 118 valence electrons. The smallest absolute Gasteiger partial charge is 0.269 e. The molecule has 0 N–H and O–H groups in total. The van der Waals surface area contributed by atoms with Crippen LogP contribution in [0.15, 0.2) is 60.2 Å². The number of hydrogen-bond acceptors (Lipinski definition) is 6. The number of carbonyl (C=O) groups excluding carboxylic acids is 1. The summed E-state index contributed by atoms with van der Waals surface area (Å²) in [5, 5.41) is 13.2. The van der Waals surface area contributed by atoms with Crippen LogP contribution in [0.3, 0.4) is 0 Å². The Labute approximate surface area is 141 Å². The summed E-state index contributed by atoms with van der Waals surface area (Å²) in [6.45, 7) is 0. The number of non-ortho nitro benzene ring substituents is 1. The van der Waals surface area contributed by atoms with Crippen molar-refractivity contribution in [3.8, 4) is 11.3 Å². The molecule has 0 saturated carbocycles. The van der Waals surface area contributed by atoms with Crippen LogP contribution in [-0.2, 0) is 0 Å². The fourth-order valence-electron chi connectivity index (χ4n) is 2.01. The first-order valence-electron chi connectivity index (χ1n) is 6.96. The molecule has 0 aliphatic carbocycles. The summed E-state index contributed by atoms with van der Waals surface area (Å²) in [4.78, 5) is 30.6. The number of aromatic nitrogens is 2. The van der Waals surface area contributed by atoms with Gasteiger partial charge in [0.2, 0.25) is 0 Å². The molecule has 0 aliphatic rings. The minimum absolute atomic E-state index is 0.0440. The number of nitrogens with zero attached hydrogens (tertiary/aromatic N) is 3. The van der Waals surface area contributed by atoms with Crippen LogP contribution >= 0.6 is 11.3 Å². The van der Waals surface area contributed by atoms with Crippen LogP contribution in [0.4, 0.5) is 5.69 Å². The van der Waals surface area contributed by atoms with Gasteiger partial charge in [-0.3, -0.25) is 19.9 Å². The number of thiazole rings is 1. The first-order valence-corrected chi connectivity index (χ1v) is 7.84. The maximum Gasteiger partial charge on any atom is 0.269 e. The molecule has 0 saturated heterocycles. The molecule has 0 radical (unpaired) electrons. The van der Waals surface area contributed by atoms with Crippen LogP contribution in [0.2, 0.25) is 0 Å². The first kappa shape index (κ1) is 15.7. The minimum Gasteiger partial charge on any atom is -0.289 e. The molecule has 1 aromatic carbocycles. The zero-order valence-electron chi connectivity index (χ0n) is 12.3. The zero-order valence-corrected chi connectivity index (χ0v) is 13.1. The number of nitro groups is 1. The molecule has 0 atom stereocenters. The molecule has 0 amide bonds. The highest BCUT2D eigenvalue weighted by atomic mass is 32.1. The largest absolute Gasteiger partial charge is 0.289 e. The van der Waals surface area contributed by atoms with Crippen molar-refractivity contribution in [2.24, 2.45) is 0 Å². The number of benzene rings is 1. The highest BCUT2D eigenvalue weighted by Gasteiger charge is 2.08. The Hall–Kier alpha value is -3.19. The van der Waals surface area contributed by atoms with E-state index in [9.17, 15) is 14.9 Å². The third-order valence-corrected chi connectivity index (χ3v) is 4.05. The van der Waals surface area contributed by atoms with Crippen molar-refractivity contribution in [3.63, 3.8) is 0 Å². The van der Waals surface area contributed by atoms with Crippen LogP contribution in [0.5, 0.6) is 0 Å². The van der Waals surface area contributed by atoms with Gasteiger partial charge in [-0.05, 0) is 36.4 Å². The van der Waals surface area contributed by atoms with Gasteiger partial charge < -0.3 is 0 Å². The lowest BCUT2D eigenvalue weighted by atomic mass is 10.1. The second-order valence-corrected chi connectivity index (χ2v) is 5.70. The molecule has 0 spiro atoms. The summed E-state index contributed by atoms with van der Waals surface area (Å²) in [6, 6.07) is 9.23. The van der Waals surface area contributed by atoms with E-state index in [1.54, 1.807) is 18.5 Å². The van der Waals surface area contributed by atoms with Crippen LogP contribution in [0.25, 0.3) is 17.3 Å². The van der Waals surface area contributed by atoms with Gasteiger partial charge in [0.25, 0.3) is 5.69 Å². The second kappa shape index (κ2) is 6.93. The molecule has 24 heavy (non-hydrogen) atoms. The molecule has 3 rings (SSSR count). The number of nitro benzene ring substituents is 1. The van der Waals surface area contributed by atoms with Crippen molar-refractivity contribution in [2.75, 3.05) is 0 Å². The lowest BCUT2D eigenvalue weighted by Crippen LogP contribution is -1.95. The predicted molar refractivity (Wildman–Crippen MR) is 91.8 cm³/mol. The number of carbonyl (C=O) groups is 1.